The number of nitrogens with zero attached hydrogens (tertiary/aromatic N) is 2. The molecular weight excluding hydrogens is 320 g/mol. The zero-order chi connectivity index (χ0) is 14.2. The Labute approximate surface area is 127 Å². The van der Waals surface area contributed by atoms with E-state index in [1.165, 1.54) is 12.1 Å². The van der Waals surface area contributed by atoms with E-state index in [9.17, 15) is 4.79 Å². The molecule has 0 aliphatic carbocycles. The number of carboxylic acid groups (broad SMARTS) is 1. The minimum atomic E-state index is -0.700. The maximum atomic E-state index is 10.6. The van der Waals surface area contributed by atoms with E-state index in [-0.39, 0.29) is 6.42 Å². The van der Waals surface area contributed by atoms with Gasteiger partial charge in [-0.25, -0.2) is 0 Å². The van der Waals surface area contributed by atoms with Crippen LogP contribution in [0.25, 0.3) is 0 Å². The van der Waals surface area contributed by atoms with Gasteiger partial charge in [0.2, 0.25) is 0 Å². The Bertz CT molecular complexity index is 497. The monoisotopic (exact) mass is 338 g/mol. The number of rotatable bonds is 4. The number of halogens is 1. The van der Waals surface area contributed by atoms with Gasteiger partial charge in [-0.3, -0.25) is 4.79 Å². The predicted molar refractivity (Wildman–Crippen MR) is 82.1 cm³/mol. The molecule has 0 radical (unpaired) electrons. The van der Waals surface area contributed by atoms with E-state index < -0.39 is 5.97 Å². The first kappa shape index (κ1) is 13.9. The van der Waals surface area contributed by atoms with Gasteiger partial charge in [0.05, 0.1) is 6.42 Å². The van der Waals surface area contributed by atoms with Crippen LogP contribution in [-0.4, -0.2) is 48.7 Å². The van der Waals surface area contributed by atoms with Crippen LogP contribution in [0.4, 0.5) is 5.69 Å². The van der Waals surface area contributed by atoms with Crippen LogP contribution < -0.4 is 4.90 Å². The molecule has 0 bridgehead atoms. The lowest BCUT2D eigenvalue weighted by Gasteiger charge is -2.48. The Balaban J connectivity index is 1.53. The third-order valence-electron chi connectivity index (χ3n) is 4.39. The standard InChI is InChI=1S/C15H19BrN2O2/c16-12-1-3-13(4-2-12)18-8-6-15(11-18)9-17(10-15)7-5-14(19)20/h1-4H,5-11H2,(H,19,20). The zero-order valence-electron chi connectivity index (χ0n) is 11.4. The van der Waals surface area contributed by atoms with Crippen molar-refractivity contribution in [3.63, 3.8) is 0 Å². The Hall–Kier alpha value is -1.07. The molecule has 2 saturated heterocycles. The molecule has 2 aliphatic rings. The summed E-state index contributed by atoms with van der Waals surface area (Å²) in [6.07, 6.45) is 1.47. The van der Waals surface area contributed by atoms with Gasteiger partial charge >= 0.3 is 5.97 Å². The molecule has 108 valence electrons. The predicted octanol–water partition coefficient (Wildman–Crippen LogP) is 2.44. The van der Waals surface area contributed by atoms with E-state index in [0.717, 1.165) is 30.7 Å². The molecule has 2 heterocycles. The lowest BCUT2D eigenvalue weighted by atomic mass is 9.79. The maximum absolute atomic E-state index is 10.6. The fourth-order valence-corrected chi connectivity index (χ4v) is 3.64. The van der Waals surface area contributed by atoms with Crippen LogP contribution in [-0.2, 0) is 4.79 Å². The van der Waals surface area contributed by atoms with Gasteiger partial charge in [-0.2, -0.15) is 0 Å². The summed E-state index contributed by atoms with van der Waals surface area (Å²) in [5, 5.41) is 8.71. The minimum absolute atomic E-state index is 0.256. The second kappa shape index (κ2) is 5.37. The Morgan fingerprint density at radius 1 is 1.25 bits per heavy atom. The van der Waals surface area contributed by atoms with Crippen LogP contribution in [0.2, 0.25) is 0 Å². The molecule has 4 nitrogen and oxygen atoms in total. The first-order chi connectivity index (χ1) is 9.56. The first-order valence-electron chi connectivity index (χ1n) is 7.01. The second-order valence-corrected chi connectivity index (χ2v) is 6.92. The molecule has 1 N–H and O–H groups in total. The summed E-state index contributed by atoms with van der Waals surface area (Å²) in [6.45, 7) is 4.99. The first-order valence-corrected chi connectivity index (χ1v) is 7.80. The molecule has 0 saturated carbocycles. The molecule has 0 atom stereocenters. The SMILES string of the molecule is O=C(O)CCN1CC2(CCN(c3ccc(Br)cc3)C2)C1. The van der Waals surface area contributed by atoms with E-state index in [2.05, 4.69) is 50.0 Å². The summed E-state index contributed by atoms with van der Waals surface area (Å²) in [5.41, 5.74) is 1.68. The van der Waals surface area contributed by atoms with Crippen molar-refractivity contribution in [1.29, 1.82) is 0 Å². The van der Waals surface area contributed by atoms with Gasteiger partial charge in [0.1, 0.15) is 0 Å². The highest BCUT2D eigenvalue weighted by molar-refractivity contribution is 9.10. The number of aliphatic carboxylic acids is 1. The van der Waals surface area contributed by atoms with Crippen LogP contribution >= 0.6 is 15.9 Å². The van der Waals surface area contributed by atoms with E-state index >= 15 is 0 Å². The van der Waals surface area contributed by atoms with Crippen LogP contribution in [0.3, 0.4) is 0 Å². The van der Waals surface area contributed by atoms with E-state index in [0.29, 0.717) is 12.0 Å². The molecule has 1 spiro atoms. The molecular formula is C15H19BrN2O2. The van der Waals surface area contributed by atoms with Gasteiger partial charge in [-0.15, -0.1) is 0 Å². The lowest BCUT2D eigenvalue weighted by molar-refractivity contribution is -0.138. The van der Waals surface area contributed by atoms with Gasteiger partial charge in [-0.05, 0) is 30.7 Å². The summed E-state index contributed by atoms with van der Waals surface area (Å²) < 4.78 is 1.11. The molecule has 5 heteroatoms. The zero-order valence-corrected chi connectivity index (χ0v) is 13.0. The Morgan fingerprint density at radius 2 is 1.95 bits per heavy atom. The maximum Gasteiger partial charge on any atom is 0.304 e. The van der Waals surface area contributed by atoms with E-state index in [4.69, 9.17) is 5.11 Å². The molecule has 2 aliphatic heterocycles. The average Bonchev–Trinajstić information content (AvgIpc) is 2.81. The van der Waals surface area contributed by atoms with Crippen molar-refractivity contribution in [2.75, 3.05) is 37.6 Å². The number of carboxylic acids is 1. The Morgan fingerprint density at radius 3 is 2.60 bits per heavy atom. The van der Waals surface area contributed by atoms with Gasteiger partial charge in [-0.1, -0.05) is 15.9 Å². The normalized spacial score (nSPS) is 21.1. The molecule has 1 aromatic rings. The van der Waals surface area contributed by atoms with Gasteiger partial charge in [0.15, 0.2) is 0 Å². The number of hydrogen-bond acceptors (Lipinski definition) is 3. The number of anilines is 1. The van der Waals surface area contributed by atoms with Crippen molar-refractivity contribution >= 4 is 27.6 Å². The summed E-state index contributed by atoms with van der Waals surface area (Å²) >= 11 is 3.46. The van der Waals surface area contributed by atoms with Crippen LogP contribution in [0.5, 0.6) is 0 Å². The second-order valence-electron chi connectivity index (χ2n) is 6.00. The Kier molecular flexibility index (Phi) is 3.73. The summed E-state index contributed by atoms with van der Waals surface area (Å²) in [4.78, 5) is 15.3. The van der Waals surface area contributed by atoms with Gasteiger partial charge < -0.3 is 14.9 Å². The fourth-order valence-electron chi connectivity index (χ4n) is 3.38. The van der Waals surface area contributed by atoms with E-state index in [1.54, 1.807) is 0 Å². The van der Waals surface area contributed by atoms with Crippen LogP contribution in [0.15, 0.2) is 28.7 Å². The van der Waals surface area contributed by atoms with Crippen molar-refractivity contribution in [3.8, 4) is 0 Å². The lowest BCUT2D eigenvalue weighted by Crippen LogP contribution is -2.57. The highest BCUT2D eigenvalue weighted by Crippen LogP contribution is 2.41. The van der Waals surface area contributed by atoms with Crippen LogP contribution in [0, 0.1) is 5.41 Å². The highest BCUT2D eigenvalue weighted by atomic mass is 79.9. The van der Waals surface area contributed by atoms with Crippen molar-refractivity contribution in [1.82, 2.24) is 4.90 Å². The van der Waals surface area contributed by atoms with Gasteiger partial charge in [0, 0.05) is 48.3 Å². The molecule has 0 amide bonds. The average molecular weight is 339 g/mol. The summed E-state index contributed by atoms with van der Waals surface area (Å²) in [7, 11) is 0. The van der Waals surface area contributed by atoms with Crippen LogP contribution in [0.1, 0.15) is 12.8 Å². The quantitative estimate of drug-likeness (QED) is 0.915. The highest BCUT2D eigenvalue weighted by Gasteiger charge is 2.47. The van der Waals surface area contributed by atoms with Crippen molar-refractivity contribution < 1.29 is 9.90 Å². The number of benzene rings is 1. The molecule has 0 unspecified atom stereocenters. The van der Waals surface area contributed by atoms with Gasteiger partial charge in [0.25, 0.3) is 0 Å². The third kappa shape index (κ3) is 2.83. The molecule has 2 fully saturated rings. The molecule has 3 rings (SSSR count). The number of hydrogen-bond donors (Lipinski definition) is 1. The summed E-state index contributed by atoms with van der Waals surface area (Å²) in [5.74, 6) is -0.700. The van der Waals surface area contributed by atoms with E-state index in [1.807, 2.05) is 0 Å². The topological polar surface area (TPSA) is 43.8 Å². The van der Waals surface area contributed by atoms with Crippen molar-refractivity contribution in [3.05, 3.63) is 28.7 Å². The molecule has 0 aromatic heterocycles. The number of likely N-dealkylation sites (tertiary alicyclic amines) is 1. The van der Waals surface area contributed by atoms with Crippen molar-refractivity contribution in [2.24, 2.45) is 5.41 Å². The molecule has 1 aromatic carbocycles. The molecule has 20 heavy (non-hydrogen) atoms. The smallest absolute Gasteiger partial charge is 0.304 e. The number of carbonyl (C=O) groups is 1. The third-order valence-corrected chi connectivity index (χ3v) is 4.92. The summed E-state index contributed by atoms with van der Waals surface area (Å²) in [6, 6.07) is 8.48. The fraction of sp³-hybridized carbons (Fsp3) is 0.533. The minimum Gasteiger partial charge on any atom is -0.481 e. The van der Waals surface area contributed by atoms with Crippen molar-refractivity contribution in [2.45, 2.75) is 12.8 Å². The largest absolute Gasteiger partial charge is 0.481 e.